The number of benzene rings is 2. The molecule has 0 amide bonds. The van der Waals surface area contributed by atoms with Gasteiger partial charge in [0.1, 0.15) is 5.75 Å². The number of rotatable bonds is 10. The first-order valence-corrected chi connectivity index (χ1v) is 11.0. The van der Waals surface area contributed by atoms with Gasteiger partial charge in [0.05, 0.1) is 18.2 Å². The molecule has 0 saturated carbocycles. The lowest BCUT2D eigenvalue weighted by atomic mass is 10.0. The number of ether oxygens (including phenoxy) is 1. The molecule has 0 spiro atoms. The Morgan fingerprint density at radius 3 is 2.33 bits per heavy atom. The zero-order valence-electron chi connectivity index (χ0n) is 15.7. The summed E-state index contributed by atoms with van der Waals surface area (Å²) in [5.74, 6) is 0.816. The second-order valence-corrected chi connectivity index (χ2v) is 8.31. The van der Waals surface area contributed by atoms with Crippen molar-refractivity contribution in [3.8, 4) is 11.8 Å². The molecule has 4 heteroatoms. The number of nitrogens with zero attached hydrogens (tertiary/aromatic N) is 1. The van der Waals surface area contributed by atoms with Gasteiger partial charge >= 0.3 is 0 Å². The minimum Gasteiger partial charge on any atom is -0.493 e. The average Bonchev–Trinajstić information content (AvgIpc) is 2.67. The lowest BCUT2D eigenvalue weighted by Gasteiger charge is -2.11. The first-order valence-electron chi connectivity index (χ1n) is 9.44. The molecule has 0 radical (unpaired) electrons. The summed E-state index contributed by atoms with van der Waals surface area (Å²) >= 11 is 6.95. The third-order valence-corrected chi connectivity index (χ3v) is 5.32. The molecule has 2 rings (SSSR count). The highest BCUT2D eigenvalue weighted by Gasteiger charge is 2.07. The molecule has 0 saturated heterocycles. The van der Waals surface area contributed by atoms with E-state index in [4.69, 9.17) is 4.74 Å². The second-order valence-electron chi connectivity index (χ2n) is 6.48. The maximum Gasteiger partial charge on any atom is 0.126 e. The van der Waals surface area contributed by atoms with Crippen molar-refractivity contribution in [2.24, 2.45) is 0 Å². The molecule has 0 heterocycles. The number of hydrogen-bond acceptors (Lipinski definition) is 2. The van der Waals surface area contributed by atoms with Gasteiger partial charge in [-0.2, -0.15) is 5.26 Å². The minimum absolute atomic E-state index is 0.616. The van der Waals surface area contributed by atoms with E-state index in [1.54, 1.807) is 0 Å². The van der Waals surface area contributed by atoms with E-state index >= 15 is 0 Å². The first-order chi connectivity index (χ1) is 13.1. The fourth-order valence-corrected chi connectivity index (χ4v) is 3.44. The zero-order chi connectivity index (χ0) is 19.5. The molecule has 0 aliphatic rings. The van der Waals surface area contributed by atoms with Gasteiger partial charge in [0.15, 0.2) is 0 Å². The molecule has 0 aromatic heterocycles. The fourth-order valence-electron chi connectivity index (χ4n) is 2.79. The van der Waals surface area contributed by atoms with Crippen LogP contribution in [-0.4, -0.2) is 6.61 Å². The summed E-state index contributed by atoms with van der Waals surface area (Å²) in [6, 6.07) is 16.0. The Balaban J connectivity index is 2.08. The molecule has 142 valence electrons. The number of allylic oxidation sites excluding steroid dienone is 1. The topological polar surface area (TPSA) is 33.0 Å². The summed E-state index contributed by atoms with van der Waals surface area (Å²) in [5, 5.41) is 9.60. The van der Waals surface area contributed by atoms with Crippen molar-refractivity contribution in [2.45, 2.75) is 45.4 Å². The Hall–Kier alpha value is -1.57. The third-order valence-electron chi connectivity index (χ3n) is 4.30. The van der Waals surface area contributed by atoms with Crippen molar-refractivity contribution >= 4 is 43.5 Å². The summed E-state index contributed by atoms with van der Waals surface area (Å²) in [5.41, 5.74) is 2.42. The molecular weight excluding hydrogens is 466 g/mol. The van der Waals surface area contributed by atoms with E-state index in [1.165, 1.54) is 32.1 Å². The normalized spacial score (nSPS) is 11.3. The highest BCUT2D eigenvalue weighted by Crippen LogP contribution is 2.28. The second kappa shape index (κ2) is 12.0. The van der Waals surface area contributed by atoms with Crippen molar-refractivity contribution < 1.29 is 4.74 Å². The molecule has 2 aromatic carbocycles. The SMILES string of the molecule is CCCCCCCCOc1ccc(Br)cc1/C=C(\C#N)c1ccc(Br)cc1. The lowest BCUT2D eigenvalue weighted by Crippen LogP contribution is -1.99. The maximum atomic E-state index is 9.60. The van der Waals surface area contributed by atoms with Crippen LogP contribution < -0.4 is 4.74 Å². The minimum atomic E-state index is 0.616. The molecule has 2 nitrogen and oxygen atoms in total. The van der Waals surface area contributed by atoms with Crippen LogP contribution in [0.15, 0.2) is 51.4 Å². The van der Waals surface area contributed by atoms with Crippen molar-refractivity contribution in [3.63, 3.8) is 0 Å². The zero-order valence-corrected chi connectivity index (χ0v) is 18.9. The highest BCUT2D eigenvalue weighted by atomic mass is 79.9. The van der Waals surface area contributed by atoms with Gasteiger partial charge in [0.25, 0.3) is 0 Å². The molecule has 2 aromatic rings. The molecule has 0 fully saturated rings. The summed E-state index contributed by atoms with van der Waals surface area (Å²) in [7, 11) is 0. The van der Waals surface area contributed by atoms with Gasteiger partial charge in [-0.1, -0.05) is 83.0 Å². The van der Waals surface area contributed by atoms with Crippen LogP contribution in [0.25, 0.3) is 11.6 Å². The monoisotopic (exact) mass is 489 g/mol. The van der Waals surface area contributed by atoms with Crippen LogP contribution in [0.1, 0.15) is 56.6 Å². The highest BCUT2D eigenvalue weighted by molar-refractivity contribution is 9.10. The number of nitriles is 1. The predicted molar refractivity (Wildman–Crippen MR) is 121 cm³/mol. The number of hydrogen-bond donors (Lipinski definition) is 0. The van der Waals surface area contributed by atoms with Gasteiger partial charge in [0.2, 0.25) is 0 Å². The van der Waals surface area contributed by atoms with Crippen LogP contribution >= 0.6 is 31.9 Å². The van der Waals surface area contributed by atoms with Gasteiger partial charge in [-0.15, -0.1) is 0 Å². The van der Waals surface area contributed by atoms with Crippen molar-refractivity contribution in [1.29, 1.82) is 5.26 Å². The molecule has 0 bridgehead atoms. The Bertz CT molecular complexity index is 791. The van der Waals surface area contributed by atoms with E-state index in [-0.39, 0.29) is 0 Å². The molecule has 0 N–H and O–H groups in total. The van der Waals surface area contributed by atoms with Gasteiger partial charge in [0, 0.05) is 14.5 Å². The average molecular weight is 491 g/mol. The van der Waals surface area contributed by atoms with Crippen LogP contribution in [0, 0.1) is 11.3 Å². The summed E-state index contributed by atoms with van der Waals surface area (Å²) < 4.78 is 7.98. The van der Waals surface area contributed by atoms with E-state index in [1.807, 2.05) is 48.5 Å². The molecule has 0 aliphatic carbocycles. The smallest absolute Gasteiger partial charge is 0.126 e. The van der Waals surface area contributed by atoms with Crippen LogP contribution in [0.5, 0.6) is 5.75 Å². The Kier molecular flexibility index (Phi) is 9.66. The van der Waals surface area contributed by atoms with Crippen LogP contribution in [0.3, 0.4) is 0 Å². The van der Waals surface area contributed by atoms with E-state index in [0.717, 1.165) is 32.2 Å². The van der Waals surface area contributed by atoms with Crippen LogP contribution in [-0.2, 0) is 0 Å². The van der Waals surface area contributed by atoms with Crippen molar-refractivity contribution in [1.82, 2.24) is 0 Å². The van der Waals surface area contributed by atoms with E-state index in [0.29, 0.717) is 12.2 Å². The Morgan fingerprint density at radius 1 is 0.963 bits per heavy atom. The number of halogens is 2. The van der Waals surface area contributed by atoms with Gasteiger partial charge in [-0.05, 0) is 48.4 Å². The predicted octanol–water partition coefficient (Wildman–Crippen LogP) is 8.02. The molecular formula is C23H25Br2NO. The van der Waals surface area contributed by atoms with E-state index in [9.17, 15) is 5.26 Å². The summed E-state index contributed by atoms with van der Waals surface area (Å²) in [6.45, 7) is 2.93. The van der Waals surface area contributed by atoms with Gasteiger partial charge in [-0.25, -0.2) is 0 Å². The van der Waals surface area contributed by atoms with Crippen LogP contribution in [0.4, 0.5) is 0 Å². The van der Waals surface area contributed by atoms with E-state index < -0.39 is 0 Å². The fraction of sp³-hybridized carbons (Fsp3) is 0.348. The standard InChI is InChI=1S/C23H25Br2NO/c1-2-3-4-5-6-7-14-27-23-13-12-22(25)16-19(23)15-20(17-26)18-8-10-21(24)11-9-18/h8-13,15-16H,2-7,14H2,1H3/b20-15+. The molecule has 0 unspecified atom stereocenters. The largest absolute Gasteiger partial charge is 0.493 e. The van der Waals surface area contributed by atoms with Crippen molar-refractivity contribution in [3.05, 3.63) is 62.5 Å². The maximum absolute atomic E-state index is 9.60. The van der Waals surface area contributed by atoms with Crippen molar-refractivity contribution in [2.75, 3.05) is 6.61 Å². The third kappa shape index (κ3) is 7.52. The van der Waals surface area contributed by atoms with E-state index in [2.05, 4.69) is 44.9 Å². The van der Waals surface area contributed by atoms with Gasteiger partial charge < -0.3 is 4.74 Å². The Labute approximate surface area is 179 Å². The molecule has 0 atom stereocenters. The van der Waals surface area contributed by atoms with Crippen LogP contribution in [0.2, 0.25) is 0 Å². The number of unbranched alkanes of at least 4 members (excludes halogenated alkanes) is 5. The van der Waals surface area contributed by atoms with Gasteiger partial charge in [-0.3, -0.25) is 0 Å². The summed E-state index contributed by atoms with van der Waals surface area (Å²) in [6.07, 6.45) is 9.31. The quantitative estimate of drug-likeness (QED) is 0.192. The summed E-state index contributed by atoms with van der Waals surface area (Å²) in [4.78, 5) is 0. The molecule has 0 aliphatic heterocycles. The first kappa shape index (κ1) is 21.7. The lowest BCUT2D eigenvalue weighted by molar-refractivity contribution is 0.304. The Morgan fingerprint density at radius 2 is 1.63 bits per heavy atom. The molecule has 27 heavy (non-hydrogen) atoms.